The molecule has 0 saturated carbocycles. The third-order valence-electron chi connectivity index (χ3n) is 4.18. The lowest BCUT2D eigenvalue weighted by molar-refractivity contribution is 0.397. The van der Waals surface area contributed by atoms with E-state index in [0.717, 1.165) is 5.82 Å². The standard InChI is InChI=1S/C16H27N3/c1-12-6-5-7-14(10-17)19(12)15-9-8-13(11-18-15)16(2,3)4/h8-9,11-12,14H,5-7,10,17H2,1-4H3. The van der Waals surface area contributed by atoms with E-state index in [1.807, 2.05) is 6.20 Å². The molecule has 0 bridgehead atoms. The Labute approximate surface area is 117 Å². The van der Waals surface area contributed by atoms with Crippen LogP contribution in [0.1, 0.15) is 52.5 Å². The first kappa shape index (κ1) is 14.3. The molecule has 3 heteroatoms. The van der Waals surface area contributed by atoms with Crippen molar-refractivity contribution < 1.29 is 0 Å². The molecule has 0 aromatic carbocycles. The minimum absolute atomic E-state index is 0.159. The molecule has 2 rings (SSSR count). The maximum Gasteiger partial charge on any atom is 0.129 e. The molecule has 3 nitrogen and oxygen atoms in total. The Morgan fingerprint density at radius 2 is 2.05 bits per heavy atom. The molecule has 1 fully saturated rings. The summed E-state index contributed by atoms with van der Waals surface area (Å²) in [6.07, 6.45) is 5.71. The molecule has 0 radical (unpaired) electrons. The third-order valence-corrected chi connectivity index (χ3v) is 4.18. The van der Waals surface area contributed by atoms with Gasteiger partial charge in [0.1, 0.15) is 5.82 Å². The normalized spacial score (nSPS) is 24.6. The number of nitrogens with two attached hydrogens (primary N) is 1. The zero-order chi connectivity index (χ0) is 14.0. The van der Waals surface area contributed by atoms with Gasteiger partial charge in [0.05, 0.1) is 0 Å². The van der Waals surface area contributed by atoms with E-state index in [2.05, 4.69) is 49.7 Å². The number of anilines is 1. The van der Waals surface area contributed by atoms with Crippen molar-refractivity contribution in [2.45, 2.75) is 64.5 Å². The topological polar surface area (TPSA) is 42.1 Å². The summed E-state index contributed by atoms with van der Waals surface area (Å²) in [7, 11) is 0. The molecular weight excluding hydrogens is 234 g/mol. The van der Waals surface area contributed by atoms with Crippen molar-refractivity contribution in [1.82, 2.24) is 4.98 Å². The van der Waals surface area contributed by atoms with E-state index in [4.69, 9.17) is 5.73 Å². The Morgan fingerprint density at radius 1 is 1.32 bits per heavy atom. The minimum atomic E-state index is 0.159. The van der Waals surface area contributed by atoms with Gasteiger partial charge in [-0.2, -0.15) is 0 Å². The SMILES string of the molecule is CC1CCCC(CN)N1c1ccc(C(C)(C)C)cn1. The predicted octanol–water partition coefficient (Wildman–Crippen LogP) is 3.09. The van der Waals surface area contributed by atoms with Gasteiger partial charge in [0.2, 0.25) is 0 Å². The van der Waals surface area contributed by atoms with Gasteiger partial charge >= 0.3 is 0 Å². The fourth-order valence-corrected chi connectivity index (χ4v) is 2.91. The molecule has 19 heavy (non-hydrogen) atoms. The quantitative estimate of drug-likeness (QED) is 0.889. The molecule has 2 atom stereocenters. The van der Waals surface area contributed by atoms with E-state index in [1.54, 1.807) is 0 Å². The molecule has 1 aliphatic rings. The summed E-state index contributed by atoms with van der Waals surface area (Å²) in [6.45, 7) is 9.65. The van der Waals surface area contributed by atoms with E-state index in [0.29, 0.717) is 18.6 Å². The van der Waals surface area contributed by atoms with Crippen LogP contribution >= 0.6 is 0 Å². The van der Waals surface area contributed by atoms with Gasteiger partial charge in [0.25, 0.3) is 0 Å². The summed E-state index contributed by atoms with van der Waals surface area (Å²) in [5.74, 6) is 1.08. The highest BCUT2D eigenvalue weighted by Crippen LogP contribution is 2.29. The first-order valence-corrected chi connectivity index (χ1v) is 7.38. The van der Waals surface area contributed by atoms with Crippen molar-refractivity contribution in [3.05, 3.63) is 23.9 Å². The number of rotatable bonds is 2. The van der Waals surface area contributed by atoms with E-state index in [-0.39, 0.29) is 5.41 Å². The number of hydrogen-bond acceptors (Lipinski definition) is 3. The van der Waals surface area contributed by atoms with Crippen molar-refractivity contribution in [1.29, 1.82) is 0 Å². The van der Waals surface area contributed by atoms with Crippen LogP contribution in [0.3, 0.4) is 0 Å². The Hall–Kier alpha value is -1.09. The van der Waals surface area contributed by atoms with Gasteiger partial charge in [-0.3, -0.25) is 0 Å². The zero-order valence-corrected chi connectivity index (χ0v) is 12.7. The van der Waals surface area contributed by atoms with Crippen molar-refractivity contribution in [3.8, 4) is 0 Å². The Morgan fingerprint density at radius 3 is 2.58 bits per heavy atom. The number of pyridine rings is 1. The van der Waals surface area contributed by atoms with Crippen LogP contribution in [0.25, 0.3) is 0 Å². The minimum Gasteiger partial charge on any atom is -0.350 e. The number of nitrogens with zero attached hydrogens (tertiary/aromatic N) is 2. The highest BCUT2D eigenvalue weighted by molar-refractivity contribution is 5.43. The summed E-state index contributed by atoms with van der Waals surface area (Å²) in [5, 5.41) is 0. The highest BCUT2D eigenvalue weighted by Gasteiger charge is 2.28. The van der Waals surface area contributed by atoms with Gasteiger partial charge in [-0.05, 0) is 43.2 Å². The summed E-state index contributed by atoms with van der Waals surface area (Å²) in [5.41, 5.74) is 7.36. The smallest absolute Gasteiger partial charge is 0.129 e. The molecule has 0 amide bonds. The lowest BCUT2D eigenvalue weighted by Crippen LogP contribution is -2.49. The van der Waals surface area contributed by atoms with Crippen LogP contribution in [-0.2, 0) is 5.41 Å². The first-order chi connectivity index (χ1) is 8.93. The molecule has 2 heterocycles. The summed E-state index contributed by atoms with van der Waals surface area (Å²) in [6, 6.07) is 5.34. The van der Waals surface area contributed by atoms with E-state index >= 15 is 0 Å². The number of hydrogen-bond donors (Lipinski definition) is 1. The lowest BCUT2D eigenvalue weighted by Gasteiger charge is -2.41. The average Bonchev–Trinajstić information content (AvgIpc) is 2.37. The molecule has 106 valence electrons. The molecule has 1 saturated heterocycles. The molecule has 1 aliphatic heterocycles. The summed E-state index contributed by atoms with van der Waals surface area (Å²) < 4.78 is 0. The van der Waals surface area contributed by atoms with E-state index < -0.39 is 0 Å². The second-order valence-corrected chi connectivity index (χ2v) is 6.73. The van der Waals surface area contributed by atoms with Gasteiger partial charge < -0.3 is 10.6 Å². The van der Waals surface area contributed by atoms with E-state index in [1.165, 1.54) is 24.8 Å². The summed E-state index contributed by atoms with van der Waals surface area (Å²) >= 11 is 0. The van der Waals surface area contributed by atoms with E-state index in [9.17, 15) is 0 Å². The van der Waals surface area contributed by atoms with Crippen LogP contribution in [0.5, 0.6) is 0 Å². The number of piperidine rings is 1. The first-order valence-electron chi connectivity index (χ1n) is 7.38. The van der Waals surface area contributed by atoms with Crippen molar-refractivity contribution >= 4 is 5.82 Å². The van der Waals surface area contributed by atoms with Gasteiger partial charge in [-0.15, -0.1) is 0 Å². The fourth-order valence-electron chi connectivity index (χ4n) is 2.91. The Balaban J connectivity index is 2.24. The highest BCUT2D eigenvalue weighted by atomic mass is 15.2. The lowest BCUT2D eigenvalue weighted by atomic mass is 9.88. The molecule has 0 spiro atoms. The van der Waals surface area contributed by atoms with Crippen molar-refractivity contribution in [3.63, 3.8) is 0 Å². The Kier molecular flexibility index (Phi) is 4.14. The molecule has 1 aromatic heterocycles. The van der Waals surface area contributed by atoms with Crippen LogP contribution in [0, 0.1) is 0 Å². The maximum absolute atomic E-state index is 5.92. The second-order valence-electron chi connectivity index (χ2n) is 6.73. The third kappa shape index (κ3) is 3.08. The van der Waals surface area contributed by atoms with Crippen molar-refractivity contribution in [2.24, 2.45) is 5.73 Å². The monoisotopic (exact) mass is 261 g/mol. The molecule has 2 unspecified atom stereocenters. The van der Waals surface area contributed by atoms with Crippen LogP contribution < -0.4 is 10.6 Å². The van der Waals surface area contributed by atoms with Gasteiger partial charge in [-0.25, -0.2) is 4.98 Å². The van der Waals surface area contributed by atoms with Crippen LogP contribution in [-0.4, -0.2) is 23.6 Å². The Bertz CT molecular complexity index is 405. The van der Waals surface area contributed by atoms with Crippen LogP contribution in [0.4, 0.5) is 5.82 Å². The van der Waals surface area contributed by atoms with Crippen molar-refractivity contribution in [2.75, 3.05) is 11.4 Å². The van der Waals surface area contributed by atoms with Gasteiger partial charge in [0.15, 0.2) is 0 Å². The second kappa shape index (κ2) is 5.49. The van der Waals surface area contributed by atoms with Crippen LogP contribution in [0.15, 0.2) is 18.3 Å². The molecular formula is C16H27N3. The zero-order valence-electron chi connectivity index (χ0n) is 12.7. The largest absolute Gasteiger partial charge is 0.350 e. The van der Waals surface area contributed by atoms with Crippen LogP contribution in [0.2, 0.25) is 0 Å². The van der Waals surface area contributed by atoms with Gasteiger partial charge in [-0.1, -0.05) is 26.8 Å². The fraction of sp³-hybridized carbons (Fsp3) is 0.688. The van der Waals surface area contributed by atoms with Gasteiger partial charge in [0, 0.05) is 24.8 Å². The molecule has 1 aromatic rings. The number of aromatic nitrogens is 1. The predicted molar refractivity (Wildman–Crippen MR) is 81.6 cm³/mol. The maximum atomic E-state index is 5.92. The average molecular weight is 261 g/mol. The summed E-state index contributed by atoms with van der Waals surface area (Å²) in [4.78, 5) is 7.10. The molecule has 2 N–H and O–H groups in total. The molecule has 0 aliphatic carbocycles.